The number of halogens is 2. The van der Waals surface area contributed by atoms with Crippen LogP contribution in [0.5, 0.6) is 11.5 Å². The van der Waals surface area contributed by atoms with Crippen LogP contribution in [-0.4, -0.2) is 34.0 Å². The molecule has 2 heterocycles. The summed E-state index contributed by atoms with van der Waals surface area (Å²) in [4.78, 5) is 28.7. The molecule has 0 amide bonds. The number of imidazole rings is 1. The van der Waals surface area contributed by atoms with Crippen LogP contribution in [0.1, 0.15) is 11.7 Å². The first-order chi connectivity index (χ1) is 14.4. The van der Waals surface area contributed by atoms with Crippen molar-refractivity contribution in [2.45, 2.75) is 13.0 Å². The third kappa shape index (κ3) is 4.82. The fourth-order valence-corrected chi connectivity index (χ4v) is 3.07. The van der Waals surface area contributed by atoms with Crippen molar-refractivity contribution < 1.29 is 23.8 Å². The molecule has 30 heavy (non-hydrogen) atoms. The van der Waals surface area contributed by atoms with E-state index in [2.05, 4.69) is 4.98 Å². The normalized spacial score (nSPS) is 14.7. The highest BCUT2D eigenvalue weighted by Crippen LogP contribution is 2.38. The number of carbonyl (C=O) groups is 2. The number of Topliss-reactive ketones (excluding diaryl/α,β-unsaturated/α-hetero) is 1. The summed E-state index contributed by atoms with van der Waals surface area (Å²) in [5.74, 6) is -2.43. The van der Waals surface area contributed by atoms with Crippen molar-refractivity contribution >= 4 is 34.9 Å². The molecule has 0 bridgehead atoms. The average Bonchev–Trinajstić information content (AvgIpc) is 3.26. The van der Waals surface area contributed by atoms with Crippen LogP contribution in [0.2, 0.25) is 10.0 Å². The third-order valence-corrected chi connectivity index (χ3v) is 4.56. The highest BCUT2D eigenvalue weighted by molar-refractivity contribution is 6.37. The predicted octanol–water partition coefficient (Wildman–Crippen LogP) is 3.81. The van der Waals surface area contributed by atoms with Crippen molar-refractivity contribution in [2.75, 3.05) is 6.61 Å². The van der Waals surface area contributed by atoms with Gasteiger partial charge in [0.05, 0.1) is 16.1 Å². The van der Waals surface area contributed by atoms with E-state index in [1.54, 1.807) is 18.2 Å². The van der Waals surface area contributed by atoms with E-state index >= 15 is 0 Å². The lowest BCUT2D eigenvalue weighted by atomic mass is 10.0. The van der Waals surface area contributed by atoms with Gasteiger partial charge in [0.1, 0.15) is 18.7 Å². The van der Waals surface area contributed by atoms with Gasteiger partial charge in [0.15, 0.2) is 23.6 Å². The van der Waals surface area contributed by atoms with Crippen LogP contribution >= 0.6 is 23.2 Å². The van der Waals surface area contributed by atoms with Crippen LogP contribution < -0.4 is 9.47 Å². The van der Waals surface area contributed by atoms with Crippen LogP contribution in [0, 0.1) is 17.2 Å². The van der Waals surface area contributed by atoms with Crippen molar-refractivity contribution in [1.82, 2.24) is 9.55 Å². The highest BCUT2D eigenvalue weighted by Gasteiger charge is 2.33. The standard InChI is InChI=1S/C20H15Cl2N3O5/c1-12(18(26)14(10-23)20(27)25-6-5-24-11-25)29-19-15(21)8-13(9-16(19)22)30-17-4-2-3-7-28-17/h2-6,8-9,11-12,14H,7H2,1H3. The summed E-state index contributed by atoms with van der Waals surface area (Å²) in [5.41, 5.74) is 0. The van der Waals surface area contributed by atoms with Crippen molar-refractivity contribution in [1.29, 1.82) is 5.26 Å². The number of ether oxygens (including phenoxy) is 3. The smallest absolute Gasteiger partial charge is 0.284 e. The number of hydrogen-bond donors (Lipinski definition) is 0. The first-order valence-corrected chi connectivity index (χ1v) is 9.45. The van der Waals surface area contributed by atoms with Crippen LogP contribution in [0.25, 0.3) is 0 Å². The summed E-state index contributed by atoms with van der Waals surface area (Å²) in [5, 5.41) is 9.47. The van der Waals surface area contributed by atoms with Gasteiger partial charge in [0, 0.05) is 30.6 Å². The van der Waals surface area contributed by atoms with Crippen molar-refractivity contribution in [3.8, 4) is 17.6 Å². The molecular weight excluding hydrogens is 433 g/mol. The molecule has 154 valence electrons. The van der Waals surface area contributed by atoms with Gasteiger partial charge >= 0.3 is 0 Å². The van der Waals surface area contributed by atoms with Crippen molar-refractivity contribution in [2.24, 2.45) is 5.92 Å². The lowest BCUT2D eigenvalue weighted by molar-refractivity contribution is -0.126. The van der Waals surface area contributed by atoms with Crippen LogP contribution in [0.3, 0.4) is 0 Å². The Hall–Kier alpha value is -3.28. The first-order valence-electron chi connectivity index (χ1n) is 8.69. The minimum atomic E-state index is -1.57. The summed E-state index contributed by atoms with van der Waals surface area (Å²) >= 11 is 12.5. The summed E-state index contributed by atoms with van der Waals surface area (Å²) < 4.78 is 17.5. The molecule has 0 saturated carbocycles. The van der Waals surface area contributed by atoms with E-state index in [1.807, 2.05) is 6.08 Å². The molecule has 0 N–H and O–H groups in total. The minimum Gasteiger partial charge on any atom is -0.480 e. The Morgan fingerprint density at radius 1 is 1.33 bits per heavy atom. The lowest BCUT2D eigenvalue weighted by Gasteiger charge is -2.19. The molecule has 3 rings (SSSR count). The van der Waals surface area contributed by atoms with E-state index in [-0.39, 0.29) is 21.7 Å². The molecule has 1 aromatic carbocycles. The molecular formula is C20H15Cl2N3O5. The molecule has 1 aromatic heterocycles. The first kappa shape index (κ1) is 21.4. The number of carbonyl (C=O) groups excluding carboxylic acids is 2. The van der Waals surface area contributed by atoms with Gasteiger partial charge < -0.3 is 14.2 Å². The molecule has 0 radical (unpaired) electrons. The Labute approximate surface area is 181 Å². The zero-order valence-corrected chi connectivity index (χ0v) is 17.1. The Balaban J connectivity index is 1.73. The Bertz CT molecular complexity index is 1030. The van der Waals surface area contributed by atoms with Gasteiger partial charge in [-0.25, -0.2) is 4.98 Å². The van der Waals surface area contributed by atoms with Gasteiger partial charge in [-0.1, -0.05) is 29.3 Å². The number of benzene rings is 1. The number of ketones is 1. The van der Waals surface area contributed by atoms with Crippen LogP contribution in [0.4, 0.5) is 0 Å². The highest BCUT2D eigenvalue weighted by atomic mass is 35.5. The number of rotatable bonds is 7. The van der Waals surface area contributed by atoms with Gasteiger partial charge in [-0.15, -0.1) is 0 Å². The second-order valence-corrected chi connectivity index (χ2v) is 6.89. The Morgan fingerprint density at radius 3 is 2.63 bits per heavy atom. The molecule has 1 aliphatic heterocycles. The third-order valence-electron chi connectivity index (χ3n) is 4.00. The summed E-state index contributed by atoms with van der Waals surface area (Å²) in [6.45, 7) is 1.78. The molecule has 2 atom stereocenters. The lowest BCUT2D eigenvalue weighted by Crippen LogP contribution is -2.36. The Morgan fingerprint density at radius 2 is 2.07 bits per heavy atom. The molecule has 8 nitrogen and oxygen atoms in total. The maximum absolute atomic E-state index is 12.6. The second kappa shape index (κ2) is 9.48. The second-order valence-electron chi connectivity index (χ2n) is 6.08. The summed E-state index contributed by atoms with van der Waals surface area (Å²) in [6.07, 6.45) is 7.98. The van der Waals surface area contributed by atoms with Crippen LogP contribution in [-0.2, 0) is 9.53 Å². The van der Waals surface area contributed by atoms with E-state index < -0.39 is 23.7 Å². The molecule has 0 spiro atoms. The number of aromatic nitrogens is 2. The molecule has 2 aromatic rings. The van der Waals surface area contributed by atoms with E-state index in [4.69, 9.17) is 37.4 Å². The number of allylic oxidation sites excluding steroid dienone is 2. The largest absolute Gasteiger partial charge is 0.480 e. The zero-order chi connectivity index (χ0) is 21.7. The maximum Gasteiger partial charge on any atom is 0.284 e. The molecule has 0 fully saturated rings. The predicted molar refractivity (Wildman–Crippen MR) is 107 cm³/mol. The fraction of sp³-hybridized carbons (Fsp3) is 0.200. The maximum atomic E-state index is 12.6. The average molecular weight is 448 g/mol. The fourth-order valence-electron chi connectivity index (χ4n) is 2.52. The molecule has 0 aliphatic carbocycles. The summed E-state index contributed by atoms with van der Waals surface area (Å²) in [7, 11) is 0. The van der Waals surface area contributed by atoms with Gasteiger partial charge in [0.2, 0.25) is 0 Å². The van der Waals surface area contributed by atoms with E-state index in [0.29, 0.717) is 12.4 Å². The van der Waals surface area contributed by atoms with Crippen LogP contribution in [0.15, 0.2) is 55.0 Å². The van der Waals surface area contributed by atoms with Crippen molar-refractivity contribution in [3.05, 3.63) is 65.1 Å². The van der Waals surface area contributed by atoms with Gasteiger partial charge in [0.25, 0.3) is 11.9 Å². The van der Waals surface area contributed by atoms with Gasteiger partial charge in [-0.2, -0.15) is 5.26 Å². The Kier molecular flexibility index (Phi) is 6.77. The van der Waals surface area contributed by atoms with E-state index in [9.17, 15) is 14.9 Å². The molecule has 10 heteroatoms. The minimum absolute atomic E-state index is 0.0248. The van der Waals surface area contributed by atoms with E-state index in [1.165, 1.54) is 37.8 Å². The topological polar surface area (TPSA) is 103 Å². The van der Waals surface area contributed by atoms with E-state index in [0.717, 1.165) is 4.57 Å². The number of nitriles is 1. The summed E-state index contributed by atoms with van der Waals surface area (Å²) in [6, 6.07) is 4.59. The zero-order valence-electron chi connectivity index (χ0n) is 15.6. The van der Waals surface area contributed by atoms with Gasteiger partial charge in [-0.05, 0) is 13.0 Å². The molecule has 1 aliphatic rings. The SMILES string of the molecule is CC(Oc1c(Cl)cc(OC2=CC=CCO2)cc1Cl)C(=O)C(C#N)C(=O)n1ccnc1. The number of nitrogens with zero attached hydrogens (tertiary/aromatic N) is 3. The monoisotopic (exact) mass is 447 g/mol. The van der Waals surface area contributed by atoms with Gasteiger partial charge in [-0.3, -0.25) is 14.2 Å². The quantitative estimate of drug-likeness (QED) is 0.594. The molecule has 0 saturated heterocycles. The number of hydrogen-bond acceptors (Lipinski definition) is 7. The molecule has 2 unspecified atom stereocenters. The van der Waals surface area contributed by atoms with Crippen molar-refractivity contribution in [3.63, 3.8) is 0 Å².